The maximum absolute atomic E-state index is 4.60. The van der Waals surface area contributed by atoms with Crippen molar-refractivity contribution in [2.75, 3.05) is 13.6 Å². The Balaban J connectivity index is 0.00000261. The summed E-state index contributed by atoms with van der Waals surface area (Å²) >= 11 is 1.64. The molecular weight excluding hydrogens is 469 g/mol. The van der Waals surface area contributed by atoms with Crippen LogP contribution in [0.1, 0.15) is 37.9 Å². The lowest BCUT2D eigenvalue weighted by molar-refractivity contribution is 0.389. The van der Waals surface area contributed by atoms with Gasteiger partial charge < -0.3 is 10.6 Å². The molecule has 2 heterocycles. The molecule has 0 saturated heterocycles. The van der Waals surface area contributed by atoms with Gasteiger partial charge >= 0.3 is 0 Å². The molecule has 0 aliphatic carbocycles. The molecule has 2 aromatic heterocycles. The number of halogens is 1. The number of fused-ring (bicyclic) bond motifs is 1. The highest BCUT2D eigenvalue weighted by molar-refractivity contribution is 14.0. The number of benzene rings is 1. The zero-order chi connectivity index (χ0) is 18.4. The second-order valence-electron chi connectivity index (χ2n) is 6.46. The highest BCUT2D eigenvalue weighted by atomic mass is 127. The Morgan fingerprint density at radius 2 is 1.93 bits per heavy atom. The van der Waals surface area contributed by atoms with Crippen molar-refractivity contribution >= 4 is 46.2 Å². The summed E-state index contributed by atoms with van der Waals surface area (Å²) in [5.74, 6) is 0.809. The Morgan fingerprint density at radius 3 is 2.56 bits per heavy atom. The van der Waals surface area contributed by atoms with Gasteiger partial charge in [0.15, 0.2) is 10.9 Å². The van der Waals surface area contributed by atoms with Crippen LogP contribution in [0.25, 0.3) is 4.96 Å². The molecule has 3 rings (SSSR count). The molecule has 27 heavy (non-hydrogen) atoms. The van der Waals surface area contributed by atoms with E-state index < -0.39 is 0 Å². The van der Waals surface area contributed by atoms with Crippen LogP contribution >= 0.6 is 35.3 Å². The summed E-state index contributed by atoms with van der Waals surface area (Å²) in [5.41, 5.74) is 2.50. The first-order valence-electron chi connectivity index (χ1n) is 9.12. The third kappa shape index (κ3) is 5.01. The number of rotatable bonds is 7. The van der Waals surface area contributed by atoms with Crippen molar-refractivity contribution in [2.45, 2.75) is 38.6 Å². The molecule has 3 aromatic rings. The normalized spacial score (nSPS) is 12.0. The molecule has 0 aliphatic heterocycles. The molecule has 0 amide bonds. The molecule has 0 spiro atoms. The summed E-state index contributed by atoms with van der Waals surface area (Å²) in [5, 5.41) is 8.93. The van der Waals surface area contributed by atoms with E-state index in [2.05, 4.69) is 71.0 Å². The molecule has 0 unspecified atom stereocenters. The number of nitrogens with zero attached hydrogens (tertiary/aromatic N) is 3. The summed E-state index contributed by atoms with van der Waals surface area (Å²) in [7, 11) is 1.81. The van der Waals surface area contributed by atoms with Gasteiger partial charge in [0.2, 0.25) is 0 Å². The first-order valence-corrected chi connectivity index (χ1v) is 10.00. The molecule has 0 saturated carbocycles. The molecule has 0 fully saturated rings. The van der Waals surface area contributed by atoms with Crippen molar-refractivity contribution in [3.63, 3.8) is 0 Å². The van der Waals surface area contributed by atoms with Gasteiger partial charge in [-0.05, 0) is 18.4 Å². The Bertz CT molecular complexity index is 823. The molecule has 7 heteroatoms. The van der Waals surface area contributed by atoms with Crippen molar-refractivity contribution in [3.05, 3.63) is 59.4 Å². The second kappa shape index (κ2) is 10.1. The Kier molecular flexibility index (Phi) is 8.09. The topological polar surface area (TPSA) is 53.7 Å². The molecule has 0 bridgehead atoms. The Labute approximate surface area is 182 Å². The van der Waals surface area contributed by atoms with Gasteiger partial charge in [-0.3, -0.25) is 9.39 Å². The van der Waals surface area contributed by atoms with E-state index >= 15 is 0 Å². The number of aromatic nitrogens is 2. The maximum Gasteiger partial charge on any atom is 0.193 e. The van der Waals surface area contributed by atoms with Crippen LogP contribution in [-0.4, -0.2) is 28.9 Å². The lowest BCUT2D eigenvalue weighted by Crippen LogP contribution is -2.45. The Morgan fingerprint density at radius 1 is 1.19 bits per heavy atom. The Hall–Kier alpha value is -1.61. The summed E-state index contributed by atoms with van der Waals surface area (Å²) in [4.78, 5) is 9.99. The van der Waals surface area contributed by atoms with E-state index in [-0.39, 0.29) is 29.4 Å². The van der Waals surface area contributed by atoms with Crippen molar-refractivity contribution in [3.8, 4) is 0 Å². The van der Waals surface area contributed by atoms with Crippen LogP contribution in [0.5, 0.6) is 0 Å². The van der Waals surface area contributed by atoms with E-state index in [0.717, 1.165) is 36.0 Å². The smallest absolute Gasteiger partial charge is 0.193 e. The fourth-order valence-electron chi connectivity index (χ4n) is 3.31. The van der Waals surface area contributed by atoms with Gasteiger partial charge in [-0.2, -0.15) is 0 Å². The van der Waals surface area contributed by atoms with E-state index in [0.29, 0.717) is 6.54 Å². The van der Waals surface area contributed by atoms with Crippen LogP contribution < -0.4 is 10.6 Å². The van der Waals surface area contributed by atoms with Gasteiger partial charge in [-0.15, -0.1) is 35.3 Å². The van der Waals surface area contributed by atoms with Crippen molar-refractivity contribution in [1.29, 1.82) is 0 Å². The van der Waals surface area contributed by atoms with Crippen molar-refractivity contribution in [1.82, 2.24) is 20.0 Å². The zero-order valence-corrected chi connectivity index (χ0v) is 19.3. The molecule has 146 valence electrons. The fraction of sp³-hybridized carbons (Fsp3) is 0.400. The minimum Gasteiger partial charge on any atom is -0.356 e. The second-order valence-corrected chi connectivity index (χ2v) is 7.33. The van der Waals surface area contributed by atoms with Gasteiger partial charge in [0.1, 0.15) is 0 Å². The summed E-state index contributed by atoms with van der Waals surface area (Å²) in [6.45, 7) is 6.02. The highest BCUT2D eigenvalue weighted by Crippen LogP contribution is 2.30. The van der Waals surface area contributed by atoms with E-state index in [9.17, 15) is 0 Å². The molecule has 0 atom stereocenters. The van der Waals surface area contributed by atoms with Crippen LogP contribution in [0.4, 0.5) is 0 Å². The van der Waals surface area contributed by atoms with Gasteiger partial charge in [0, 0.05) is 36.8 Å². The van der Waals surface area contributed by atoms with Gasteiger partial charge in [-0.1, -0.05) is 44.2 Å². The average Bonchev–Trinajstić information content (AvgIpc) is 3.28. The lowest BCUT2D eigenvalue weighted by Gasteiger charge is -2.33. The quantitative estimate of drug-likeness (QED) is 0.289. The van der Waals surface area contributed by atoms with Crippen LogP contribution in [0.2, 0.25) is 0 Å². The van der Waals surface area contributed by atoms with Crippen molar-refractivity contribution in [2.24, 2.45) is 4.99 Å². The molecule has 0 radical (unpaired) electrons. The number of hydrogen-bond acceptors (Lipinski definition) is 3. The van der Waals surface area contributed by atoms with Crippen molar-refractivity contribution < 1.29 is 0 Å². The summed E-state index contributed by atoms with van der Waals surface area (Å²) < 4.78 is 2.05. The number of thiazole rings is 1. The maximum atomic E-state index is 4.60. The minimum absolute atomic E-state index is 0. The summed E-state index contributed by atoms with van der Waals surface area (Å²) in [6, 6.07) is 10.8. The van der Waals surface area contributed by atoms with E-state index in [4.69, 9.17) is 0 Å². The van der Waals surface area contributed by atoms with Gasteiger partial charge in [-0.25, -0.2) is 4.98 Å². The number of nitrogens with one attached hydrogen (secondary N) is 2. The molecule has 1 aromatic carbocycles. The monoisotopic (exact) mass is 497 g/mol. The van der Waals surface area contributed by atoms with E-state index in [1.165, 1.54) is 5.56 Å². The predicted molar refractivity (Wildman–Crippen MR) is 125 cm³/mol. The first kappa shape index (κ1) is 21.7. The number of aliphatic imine (C=N–C) groups is 1. The van der Waals surface area contributed by atoms with Gasteiger partial charge in [0.05, 0.1) is 12.2 Å². The van der Waals surface area contributed by atoms with Gasteiger partial charge in [0.25, 0.3) is 0 Å². The van der Waals surface area contributed by atoms with E-state index in [1.54, 1.807) is 11.3 Å². The molecule has 2 N–H and O–H groups in total. The summed E-state index contributed by atoms with van der Waals surface area (Å²) in [6.07, 6.45) is 6.24. The average molecular weight is 497 g/mol. The van der Waals surface area contributed by atoms with Crippen LogP contribution in [0.15, 0.2) is 53.1 Å². The number of guanidine groups is 1. The first-order chi connectivity index (χ1) is 12.7. The number of hydrogen-bond donors (Lipinski definition) is 2. The third-order valence-electron chi connectivity index (χ3n) is 5.14. The molecule has 5 nitrogen and oxygen atoms in total. The largest absolute Gasteiger partial charge is 0.356 e. The molecule has 0 aliphatic rings. The minimum atomic E-state index is 0. The van der Waals surface area contributed by atoms with Crippen LogP contribution in [0, 0.1) is 0 Å². The standard InChI is InChI=1S/C20H27N5S.HI/c1-4-20(5-2,16-9-7-6-8-10-16)15-23-18(21-3)22-13-17-14-25-11-12-26-19(25)24-17;/h6-12,14H,4-5,13,15H2,1-3H3,(H2,21,22,23);1H. The molecular formula is C20H28IN5S. The highest BCUT2D eigenvalue weighted by Gasteiger charge is 2.28. The van der Waals surface area contributed by atoms with Crippen LogP contribution in [-0.2, 0) is 12.0 Å². The van der Waals surface area contributed by atoms with E-state index in [1.807, 2.05) is 23.0 Å². The number of imidazole rings is 1. The fourth-order valence-corrected chi connectivity index (χ4v) is 4.03. The predicted octanol–water partition coefficient (Wildman–Crippen LogP) is 4.44. The third-order valence-corrected chi connectivity index (χ3v) is 5.91. The van der Waals surface area contributed by atoms with Crippen LogP contribution in [0.3, 0.4) is 0 Å². The lowest BCUT2D eigenvalue weighted by atomic mass is 9.76. The SMILES string of the molecule is CCC(CC)(CNC(=NC)NCc1cn2ccsc2n1)c1ccccc1.I. The zero-order valence-electron chi connectivity index (χ0n) is 16.1.